The number of hydrogen-bond donors (Lipinski definition) is 1. The molecule has 0 unspecified atom stereocenters. The summed E-state index contributed by atoms with van der Waals surface area (Å²) in [5, 5.41) is 8.33. The lowest BCUT2D eigenvalue weighted by atomic mass is 10.2. The molecule has 82 valence electrons. The Morgan fingerprint density at radius 1 is 1.31 bits per heavy atom. The maximum absolute atomic E-state index is 5.72. The summed E-state index contributed by atoms with van der Waals surface area (Å²) in [5.74, 6) is 1.83. The number of pyridine rings is 1. The summed E-state index contributed by atoms with van der Waals surface area (Å²) in [6.45, 7) is 1.98. The van der Waals surface area contributed by atoms with Gasteiger partial charge in [-0.15, -0.1) is 10.2 Å². The number of rotatable bonds is 2. The normalized spacial score (nSPS) is 15.3. The van der Waals surface area contributed by atoms with Crippen molar-refractivity contribution in [3.8, 4) is 11.4 Å². The molecular weight excluding hydrogens is 202 g/mol. The van der Waals surface area contributed by atoms with E-state index in [0.29, 0.717) is 11.7 Å². The molecule has 5 heteroatoms. The molecule has 2 N–H and O–H groups in total. The zero-order chi connectivity index (χ0) is 11.1. The summed E-state index contributed by atoms with van der Waals surface area (Å²) >= 11 is 0. The molecule has 2 aromatic rings. The van der Waals surface area contributed by atoms with E-state index in [2.05, 4.69) is 19.7 Å². The fraction of sp³-hybridized carbons (Fsp3) is 0.364. The maximum atomic E-state index is 5.72. The minimum atomic E-state index is 0.562. The van der Waals surface area contributed by atoms with Gasteiger partial charge in [-0.05, 0) is 25.8 Å². The summed E-state index contributed by atoms with van der Waals surface area (Å²) < 4.78 is 2.18. The van der Waals surface area contributed by atoms with Gasteiger partial charge < -0.3 is 10.3 Å². The summed E-state index contributed by atoms with van der Waals surface area (Å²) in [5.41, 5.74) is 7.32. The van der Waals surface area contributed by atoms with Gasteiger partial charge >= 0.3 is 0 Å². The van der Waals surface area contributed by atoms with Crippen molar-refractivity contribution in [2.24, 2.45) is 0 Å². The lowest BCUT2D eigenvalue weighted by Gasteiger charge is -2.06. The van der Waals surface area contributed by atoms with Gasteiger partial charge in [-0.3, -0.25) is 4.98 Å². The molecule has 0 radical (unpaired) electrons. The van der Waals surface area contributed by atoms with Crippen LogP contribution in [0.1, 0.15) is 24.7 Å². The van der Waals surface area contributed by atoms with Crippen LogP contribution >= 0.6 is 0 Å². The summed E-state index contributed by atoms with van der Waals surface area (Å²) in [6, 6.07) is 2.45. The lowest BCUT2D eigenvalue weighted by molar-refractivity contribution is 0.717. The molecule has 2 heterocycles. The van der Waals surface area contributed by atoms with E-state index >= 15 is 0 Å². The second-order valence-corrected chi connectivity index (χ2v) is 4.18. The largest absolute Gasteiger partial charge is 0.397 e. The van der Waals surface area contributed by atoms with Crippen molar-refractivity contribution in [1.29, 1.82) is 0 Å². The molecule has 1 aliphatic rings. The third-order valence-corrected chi connectivity index (χ3v) is 2.80. The number of anilines is 1. The van der Waals surface area contributed by atoms with Crippen molar-refractivity contribution in [1.82, 2.24) is 19.7 Å². The Balaban J connectivity index is 2.12. The molecule has 0 aromatic carbocycles. The first kappa shape index (κ1) is 9.33. The molecule has 16 heavy (non-hydrogen) atoms. The van der Waals surface area contributed by atoms with E-state index in [1.165, 1.54) is 12.8 Å². The molecule has 3 rings (SSSR count). The van der Waals surface area contributed by atoms with Crippen LogP contribution in [0.15, 0.2) is 18.5 Å². The number of aryl methyl sites for hydroxylation is 1. The summed E-state index contributed by atoms with van der Waals surface area (Å²) in [7, 11) is 0. The first-order valence-electron chi connectivity index (χ1n) is 5.38. The van der Waals surface area contributed by atoms with E-state index in [1.807, 2.05) is 13.0 Å². The molecule has 5 nitrogen and oxygen atoms in total. The molecule has 0 bridgehead atoms. The van der Waals surface area contributed by atoms with E-state index in [0.717, 1.165) is 17.2 Å². The highest BCUT2D eigenvalue weighted by molar-refractivity contribution is 5.59. The SMILES string of the molecule is Cc1nnc(-c2cncc(N)c2)n1C1CC1. The third-order valence-electron chi connectivity index (χ3n) is 2.80. The molecule has 1 saturated carbocycles. The molecule has 0 saturated heterocycles. The lowest BCUT2D eigenvalue weighted by Crippen LogP contribution is -2.00. The van der Waals surface area contributed by atoms with Crippen molar-refractivity contribution >= 4 is 5.69 Å². The maximum Gasteiger partial charge on any atom is 0.165 e. The Labute approximate surface area is 93.3 Å². The second-order valence-electron chi connectivity index (χ2n) is 4.18. The number of nitrogens with zero attached hydrogens (tertiary/aromatic N) is 4. The smallest absolute Gasteiger partial charge is 0.165 e. The monoisotopic (exact) mass is 215 g/mol. The summed E-state index contributed by atoms with van der Waals surface area (Å²) in [4.78, 5) is 4.08. The molecular formula is C11H13N5. The van der Waals surface area contributed by atoms with E-state index in [9.17, 15) is 0 Å². The van der Waals surface area contributed by atoms with Crippen LogP contribution in [0.25, 0.3) is 11.4 Å². The van der Waals surface area contributed by atoms with Crippen molar-refractivity contribution in [2.45, 2.75) is 25.8 Å². The van der Waals surface area contributed by atoms with Gasteiger partial charge in [0.2, 0.25) is 0 Å². The first-order chi connectivity index (χ1) is 7.75. The van der Waals surface area contributed by atoms with Gasteiger partial charge in [0.15, 0.2) is 5.82 Å². The molecule has 0 atom stereocenters. The standard InChI is InChI=1S/C11H13N5/c1-7-14-15-11(16(7)10-2-3-10)8-4-9(12)6-13-5-8/h4-6,10H,2-3,12H2,1H3. The van der Waals surface area contributed by atoms with Crippen molar-refractivity contribution in [3.63, 3.8) is 0 Å². The zero-order valence-corrected chi connectivity index (χ0v) is 9.09. The fourth-order valence-corrected chi connectivity index (χ4v) is 1.92. The van der Waals surface area contributed by atoms with Gasteiger partial charge in [0.25, 0.3) is 0 Å². The predicted molar refractivity (Wildman–Crippen MR) is 60.7 cm³/mol. The van der Waals surface area contributed by atoms with Crippen molar-refractivity contribution < 1.29 is 0 Å². The first-order valence-corrected chi connectivity index (χ1v) is 5.38. The predicted octanol–water partition coefficient (Wildman–Crippen LogP) is 1.57. The quantitative estimate of drug-likeness (QED) is 0.825. The Morgan fingerprint density at radius 3 is 2.81 bits per heavy atom. The number of nitrogens with two attached hydrogens (primary N) is 1. The van der Waals surface area contributed by atoms with Crippen LogP contribution in [0, 0.1) is 6.92 Å². The van der Waals surface area contributed by atoms with Gasteiger partial charge in [-0.25, -0.2) is 0 Å². The molecule has 1 aliphatic carbocycles. The van der Waals surface area contributed by atoms with E-state index in [4.69, 9.17) is 5.73 Å². The highest BCUT2D eigenvalue weighted by Gasteiger charge is 2.28. The minimum Gasteiger partial charge on any atom is -0.397 e. The van der Waals surface area contributed by atoms with Crippen LogP contribution < -0.4 is 5.73 Å². The van der Waals surface area contributed by atoms with Gasteiger partial charge in [-0.1, -0.05) is 0 Å². The zero-order valence-electron chi connectivity index (χ0n) is 9.09. The molecule has 1 fully saturated rings. The Bertz CT molecular complexity index is 527. The van der Waals surface area contributed by atoms with E-state index in [-0.39, 0.29) is 0 Å². The van der Waals surface area contributed by atoms with Crippen LogP contribution in [-0.2, 0) is 0 Å². The average molecular weight is 215 g/mol. The van der Waals surface area contributed by atoms with Crippen LogP contribution in [0.3, 0.4) is 0 Å². The van der Waals surface area contributed by atoms with Gasteiger partial charge in [0.1, 0.15) is 5.82 Å². The van der Waals surface area contributed by atoms with Gasteiger partial charge in [-0.2, -0.15) is 0 Å². The van der Waals surface area contributed by atoms with Gasteiger partial charge in [0.05, 0.1) is 5.69 Å². The second kappa shape index (κ2) is 3.30. The van der Waals surface area contributed by atoms with Gasteiger partial charge in [0, 0.05) is 24.0 Å². The topological polar surface area (TPSA) is 69.6 Å². The van der Waals surface area contributed by atoms with Crippen LogP contribution in [0.2, 0.25) is 0 Å². The number of aromatic nitrogens is 4. The van der Waals surface area contributed by atoms with Crippen molar-refractivity contribution in [3.05, 3.63) is 24.3 Å². The van der Waals surface area contributed by atoms with Crippen LogP contribution in [0.5, 0.6) is 0 Å². The van der Waals surface area contributed by atoms with E-state index < -0.39 is 0 Å². The molecule has 0 spiro atoms. The molecule has 0 amide bonds. The number of hydrogen-bond acceptors (Lipinski definition) is 4. The Kier molecular flexibility index (Phi) is 1.92. The van der Waals surface area contributed by atoms with E-state index in [1.54, 1.807) is 12.4 Å². The fourth-order valence-electron chi connectivity index (χ4n) is 1.92. The summed E-state index contributed by atoms with van der Waals surface area (Å²) in [6.07, 6.45) is 5.83. The highest BCUT2D eigenvalue weighted by atomic mass is 15.3. The van der Waals surface area contributed by atoms with Crippen LogP contribution in [-0.4, -0.2) is 19.7 Å². The minimum absolute atomic E-state index is 0.562. The average Bonchev–Trinajstić information content (AvgIpc) is 3.02. The Hall–Kier alpha value is -1.91. The highest BCUT2D eigenvalue weighted by Crippen LogP contribution is 2.38. The third kappa shape index (κ3) is 1.44. The van der Waals surface area contributed by atoms with Crippen LogP contribution in [0.4, 0.5) is 5.69 Å². The Morgan fingerprint density at radius 2 is 2.12 bits per heavy atom. The molecule has 0 aliphatic heterocycles. The van der Waals surface area contributed by atoms with Crippen molar-refractivity contribution in [2.75, 3.05) is 5.73 Å². The number of nitrogen functional groups attached to an aromatic ring is 1. The molecule has 2 aromatic heterocycles.